The van der Waals surface area contributed by atoms with Gasteiger partial charge in [0.2, 0.25) is 15.9 Å². The van der Waals surface area contributed by atoms with E-state index in [1.807, 2.05) is 24.3 Å². The van der Waals surface area contributed by atoms with Crippen molar-refractivity contribution in [2.75, 3.05) is 29.4 Å². The molecule has 0 aliphatic heterocycles. The number of anilines is 1. The highest BCUT2D eigenvalue weighted by Crippen LogP contribution is 2.17. The highest BCUT2D eigenvalue weighted by Gasteiger charge is 2.17. The Morgan fingerprint density at radius 1 is 1.04 bits per heavy atom. The van der Waals surface area contributed by atoms with Crippen LogP contribution in [0.4, 0.5) is 5.69 Å². The van der Waals surface area contributed by atoms with Gasteiger partial charge in [-0.25, -0.2) is 8.42 Å². The van der Waals surface area contributed by atoms with Crippen molar-refractivity contribution in [2.24, 2.45) is 0 Å². The molecule has 1 amide bonds. The minimum absolute atomic E-state index is 0.0446. The van der Waals surface area contributed by atoms with Gasteiger partial charge >= 0.3 is 0 Å². The number of carbonyl (C=O) groups excluding carboxylic acids is 1. The normalized spacial score (nSPS) is 11.1. The molecular weight excluding hydrogens is 380 g/mol. The van der Waals surface area contributed by atoms with E-state index in [1.54, 1.807) is 36.0 Å². The summed E-state index contributed by atoms with van der Waals surface area (Å²) in [6.07, 6.45) is 1.97. The Bertz CT molecular complexity index is 796. The van der Waals surface area contributed by atoms with E-state index in [0.29, 0.717) is 31.6 Å². The number of rotatable bonds is 11. The number of para-hydroxylation sites is 1. The van der Waals surface area contributed by atoms with Crippen LogP contribution in [0.3, 0.4) is 0 Å². The molecule has 2 aromatic carbocycles. The maximum absolute atomic E-state index is 12.0. The van der Waals surface area contributed by atoms with Crippen molar-refractivity contribution in [3.63, 3.8) is 0 Å². The van der Waals surface area contributed by atoms with Crippen molar-refractivity contribution in [1.82, 2.24) is 5.32 Å². The molecular formula is C20H26N2O3S2. The Morgan fingerprint density at radius 3 is 2.30 bits per heavy atom. The van der Waals surface area contributed by atoms with Gasteiger partial charge in [0.05, 0.1) is 11.9 Å². The SMILES string of the molecule is CS(=O)(=O)N(CCCC(=O)NCCSCc1ccccc1)c1ccccc1. The van der Waals surface area contributed by atoms with Gasteiger partial charge in [-0.3, -0.25) is 9.10 Å². The summed E-state index contributed by atoms with van der Waals surface area (Å²) in [7, 11) is -3.37. The molecule has 0 saturated heterocycles. The molecule has 0 saturated carbocycles. The maximum Gasteiger partial charge on any atom is 0.232 e. The number of benzene rings is 2. The fourth-order valence-corrected chi connectivity index (χ4v) is 4.36. The Hall–Kier alpha value is -1.99. The van der Waals surface area contributed by atoms with Crippen molar-refractivity contribution >= 4 is 33.4 Å². The summed E-state index contributed by atoms with van der Waals surface area (Å²) in [5.41, 5.74) is 1.90. The third kappa shape index (κ3) is 8.05. The molecule has 1 N–H and O–H groups in total. The Balaban J connectivity index is 1.65. The molecule has 2 rings (SSSR count). The lowest BCUT2D eigenvalue weighted by Gasteiger charge is -2.22. The topological polar surface area (TPSA) is 66.5 Å². The summed E-state index contributed by atoms with van der Waals surface area (Å²) in [6, 6.07) is 19.2. The minimum atomic E-state index is -3.37. The van der Waals surface area contributed by atoms with Crippen LogP contribution in [-0.4, -0.2) is 39.4 Å². The van der Waals surface area contributed by atoms with E-state index >= 15 is 0 Å². The second kappa shape index (κ2) is 11.0. The van der Waals surface area contributed by atoms with Gasteiger partial charge in [-0.05, 0) is 24.1 Å². The predicted molar refractivity (Wildman–Crippen MR) is 113 cm³/mol. The smallest absolute Gasteiger partial charge is 0.232 e. The molecule has 0 atom stereocenters. The maximum atomic E-state index is 12.0. The van der Waals surface area contributed by atoms with Gasteiger partial charge in [0.1, 0.15) is 0 Å². The first-order valence-electron chi connectivity index (χ1n) is 8.88. The van der Waals surface area contributed by atoms with Gasteiger partial charge in [-0.2, -0.15) is 11.8 Å². The molecule has 0 unspecified atom stereocenters. The zero-order valence-electron chi connectivity index (χ0n) is 15.5. The molecule has 0 aliphatic carbocycles. The van der Waals surface area contributed by atoms with Crippen LogP contribution in [0.2, 0.25) is 0 Å². The molecule has 0 spiro atoms. The lowest BCUT2D eigenvalue weighted by molar-refractivity contribution is -0.121. The average molecular weight is 407 g/mol. The van der Waals surface area contributed by atoms with Crippen LogP contribution in [-0.2, 0) is 20.6 Å². The van der Waals surface area contributed by atoms with E-state index in [-0.39, 0.29) is 5.91 Å². The molecule has 2 aromatic rings. The van der Waals surface area contributed by atoms with E-state index in [9.17, 15) is 13.2 Å². The first kappa shape index (κ1) is 21.3. The second-order valence-corrected chi connectivity index (χ2v) is 9.17. The molecule has 0 aromatic heterocycles. The van der Waals surface area contributed by atoms with Gasteiger partial charge in [0, 0.05) is 31.0 Å². The largest absolute Gasteiger partial charge is 0.355 e. The molecule has 0 radical (unpaired) electrons. The second-order valence-electron chi connectivity index (χ2n) is 6.16. The first-order chi connectivity index (χ1) is 13.0. The number of carbonyl (C=O) groups is 1. The quantitative estimate of drug-likeness (QED) is 0.582. The fraction of sp³-hybridized carbons (Fsp3) is 0.350. The molecule has 0 heterocycles. The Kier molecular flexibility index (Phi) is 8.67. The summed E-state index contributed by atoms with van der Waals surface area (Å²) >= 11 is 1.78. The number of thioether (sulfide) groups is 1. The van der Waals surface area contributed by atoms with Crippen LogP contribution in [0.5, 0.6) is 0 Å². The zero-order valence-corrected chi connectivity index (χ0v) is 17.1. The predicted octanol–water partition coefficient (Wildman–Crippen LogP) is 3.28. The van der Waals surface area contributed by atoms with Crippen molar-refractivity contribution in [1.29, 1.82) is 0 Å². The molecule has 146 valence electrons. The Labute approximate surface area is 166 Å². The van der Waals surface area contributed by atoms with Crippen LogP contribution in [0.15, 0.2) is 60.7 Å². The van der Waals surface area contributed by atoms with E-state index in [4.69, 9.17) is 0 Å². The fourth-order valence-electron chi connectivity index (χ4n) is 2.58. The van der Waals surface area contributed by atoms with Crippen LogP contribution in [0, 0.1) is 0 Å². The van der Waals surface area contributed by atoms with Crippen molar-refractivity contribution in [2.45, 2.75) is 18.6 Å². The number of hydrogen-bond donors (Lipinski definition) is 1. The molecule has 5 nitrogen and oxygen atoms in total. The number of nitrogens with one attached hydrogen (secondary N) is 1. The lowest BCUT2D eigenvalue weighted by Crippen LogP contribution is -2.32. The van der Waals surface area contributed by atoms with Gasteiger partial charge in [0.25, 0.3) is 0 Å². The number of hydrogen-bond acceptors (Lipinski definition) is 4. The third-order valence-corrected chi connectivity index (χ3v) is 6.11. The number of sulfonamides is 1. The first-order valence-corrected chi connectivity index (χ1v) is 11.9. The summed E-state index contributed by atoms with van der Waals surface area (Å²) in [5, 5.41) is 2.89. The molecule has 0 bridgehead atoms. The number of amides is 1. The highest BCUT2D eigenvalue weighted by atomic mass is 32.2. The van der Waals surface area contributed by atoms with Crippen LogP contribution >= 0.6 is 11.8 Å². The van der Waals surface area contributed by atoms with Crippen LogP contribution in [0.25, 0.3) is 0 Å². The average Bonchev–Trinajstić information content (AvgIpc) is 2.65. The summed E-state index contributed by atoms with van der Waals surface area (Å²) in [6.45, 7) is 0.907. The van der Waals surface area contributed by atoms with Gasteiger partial charge in [0.15, 0.2) is 0 Å². The Morgan fingerprint density at radius 2 is 1.67 bits per heavy atom. The van der Waals surface area contributed by atoms with E-state index in [0.717, 1.165) is 11.5 Å². The summed E-state index contributed by atoms with van der Waals surface area (Å²) in [5.74, 6) is 1.73. The zero-order chi connectivity index (χ0) is 19.5. The van der Waals surface area contributed by atoms with Crippen LogP contribution < -0.4 is 9.62 Å². The summed E-state index contributed by atoms with van der Waals surface area (Å²) in [4.78, 5) is 12.0. The van der Waals surface area contributed by atoms with Crippen molar-refractivity contribution < 1.29 is 13.2 Å². The monoisotopic (exact) mass is 406 g/mol. The van der Waals surface area contributed by atoms with Crippen molar-refractivity contribution in [3.05, 3.63) is 66.2 Å². The molecule has 0 fully saturated rings. The van der Waals surface area contributed by atoms with E-state index in [1.165, 1.54) is 16.1 Å². The minimum Gasteiger partial charge on any atom is -0.355 e. The van der Waals surface area contributed by atoms with Gasteiger partial charge in [-0.1, -0.05) is 48.5 Å². The van der Waals surface area contributed by atoms with E-state index in [2.05, 4.69) is 17.4 Å². The highest BCUT2D eigenvalue weighted by molar-refractivity contribution is 7.98. The van der Waals surface area contributed by atoms with Crippen LogP contribution in [0.1, 0.15) is 18.4 Å². The molecule has 0 aliphatic rings. The lowest BCUT2D eigenvalue weighted by atomic mass is 10.2. The number of nitrogens with zero attached hydrogens (tertiary/aromatic N) is 1. The van der Waals surface area contributed by atoms with Gasteiger partial charge < -0.3 is 5.32 Å². The van der Waals surface area contributed by atoms with E-state index < -0.39 is 10.0 Å². The van der Waals surface area contributed by atoms with Gasteiger partial charge in [-0.15, -0.1) is 0 Å². The molecule has 27 heavy (non-hydrogen) atoms. The third-order valence-electron chi connectivity index (χ3n) is 3.89. The van der Waals surface area contributed by atoms with Crippen molar-refractivity contribution in [3.8, 4) is 0 Å². The summed E-state index contributed by atoms with van der Waals surface area (Å²) < 4.78 is 25.3. The molecule has 7 heteroatoms. The standard InChI is InChI=1S/C20H26N2O3S2/c1-27(24,25)22(19-11-6-3-7-12-19)15-8-13-20(23)21-14-16-26-17-18-9-4-2-5-10-18/h2-7,9-12H,8,13-17H2,1H3,(H,21,23).